The molecule has 0 aliphatic rings. The molecule has 0 spiro atoms. The van der Waals surface area contributed by atoms with Crippen LogP contribution in [0.5, 0.6) is 0 Å². The molecule has 0 amide bonds. The van der Waals surface area contributed by atoms with Crippen molar-refractivity contribution in [3.8, 4) is 0 Å². The molecule has 1 atom stereocenters. The number of nitrogens with zero attached hydrogens (tertiary/aromatic N) is 3. The first kappa shape index (κ1) is 16.6. The smallest absolute Gasteiger partial charge is 0.241 e. The molecule has 3 rings (SSSR count). The van der Waals surface area contributed by atoms with E-state index in [9.17, 15) is 8.42 Å². The zero-order chi connectivity index (χ0) is 17.3. The predicted octanol–water partition coefficient (Wildman–Crippen LogP) is 2.71. The van der Waals surface area contributed by atoms with Crippen molar-refractivity contribution in [2.75, 3.05) is 0 Å². The summed E-state index contributed by atoms with van der Waals surface area (Å²) in [6.07, 6.45) is 1.83. The number of aromatic nitrogens is 3. The molecule has 2 aromatic heterocycles. The molecule has 0 fully saturated rings. The minimum atomic E-state index is -3.65. The minimum Gasteiger partial charge on any atom is -0.285 e. The van der Waals surface area contributed by atoms with Gasteiger partial charge in [-0.3, -0.25) is 4.40 Å². The molecule has 3 aromatic rings. The van der Waals surface area contributed by atoms with Crippen molar-refractivity contribution in [2.24, 2.45) is 5.92 Å². The first-order chi connectivity index (χ1) is 11.4. The number of hydrogen-bond donors (Lipinski definition) is 1. The summed E-state index contributed by atoms with van der Waals surface area (Å²) in [6.45, 7) is 5.82. The lowest BCUT2D eigenvalue weighted by molar-refractivity contribution is 0.441. The van der Waals surface area contributed by atoms with Gasteiger partial charge in [0, 0.05) is 6.20 Å². The lowest BCUT2D eigenvalue weighted by Crippen LogP contribution is -2.33. The Balaban J connectivity index is 1.99. The first-order valence-corrected chi connectivity index (χ1v) is 9.25. The summed E-state index contributed by atoms with van der Waals surface area (Å²) in [5.41, 5.74) is 1.70. The fourth-order valence-electron chi connectivity index (χ4n) is 2.51. The average molecular weight is 344 g/mol. The molecular formula is C17H20N4O2S. The van der Waals surface area contributed by atoms with E-state index in [1.165, 1.54) is 0 Å². The van der Waals surface area contributed by atoms with E-state index in [0.29, 0.717) is 11.5 Å². The van der Waals surface area contributed by atoms with Crippen molar-refractivity contribution >= 4 is 15.7 Å². The fourth-order valence-corrected chi connectivity index (χ4v) is 3.85. The summed E-state index contributed by atoms with van der Waals surface area (Å²) >= 11 is 0. The van der Waals surface area contributed by atoms with E-state index in [2.05, 4.69) is 14.9 Å². The molecule has 0 bridgehead atoms. The van der Waals surface area contributed by atoms with Crippen molar-refractivity contribution in [1.29, 1.82) is 0 Å². The Hall–Kier alpha value is -2.25. The van der Waals surface area contributed by atoms with Gasteiger partial charge in [0.05, 0.1) is 10.9 Å². The Kier molecular flexibility index (Phi) is 4.38. The van der Waals surface area contributed by atoms with E-state index in [1.807, 2.05) is 49.6 Å². The topological polar surface area (TPSA) is 76.4 Å². The van der Waals surface area contributed by atoms with Crippen LogP contribution >= 0.6 is 0 Å². The lowest BCUT2D eigenvalue weighted by Gasteiger charge is -2.21. The van der Waals surface area contributed by atoms with Crippen molar-refractivity contribution in [3.05, 3.63) is 60.0 Å². The first-order valence-electron chi connectivity index (χ1n) is 7.77. The van der Waals surface area contributed by atoms with Gasteiger partial charge in [-0.05, 0) is 37.1 Å². The molecule has 0 saturated heterocycles. The van der Waals surface area contributed by atoms with Gasteiger partial charge in [-0.2, -0.15) is 0 Å². The molecule has 126 valence electrons. The Morgan fingerprint density at radius 2 is 1.75 bits per heavy atom. The highest BCUT2D eigenvalue weighted by Crippen LogP contribution is 2.23. The van der Waals surface area contributed by atoms with Crippen molar-refractivity contribution in [2.45, 2.75) is 31.7 Å². The van der Waals surface area contributed by atoms with Gasteiger partial charge in [-0.15, -0.1) is 10.2 Å². The van der Waals surface area contributed by atoms with E-state index >= 15 is 0 Å². The predicted molar refractivity (Wildman–Crippen MR) is 92.1 cm³/mol. The molecule has 7 heteroatoms. The van der Waals surface area contributed by atoms with Crippen molar-refractivity contribution in [3.63, 3.8) is 0 Å². The Bertz CT molecular complexity index is 946. The number of fused-ring (bicyclic) bond motifs is 1. The molecule has 0 unspecified atom stereocenters. The van der Waals surface area contributed by atoms with Crippen molar-refractivity contribution < 1.29 is 8.42 Å². The highest BCUT2D eigenvalue weighted by Gasteiger charge is 2.27. The molecule has 1 N–H and O–H groups in total. The molecule has 0 aliphatic heterocycles. The average Bonchev–Trinajstić information content (AvgIpc) is 2.96. The Morgan fingerprint density at radius 3 is 2.42 bits per heavy atom. The van der Waals surface area contributed by atoms with E-state index in [0.717, 1.165) is 5.56 Å². The zero-order valence-corrected chi connectivity index (χ0v) is 14.7. The number of sulfonamides is 1. The molecule has 1 aromatic carbocycles. The number of hydrogen-bond acceptors (Lipinski definition) is 4. The number of benzene rings is 1. The summed E-state index contributed by atoms with van der Waals surface area (Å²) in [5.74, 6) is 0.592. The van der Waals surface area contributed by atoms with Crippen LogP contribution in [0.2, 0.25) is 0 Å². The SMILES string of the molecule is Cc1ccc(S(=O)(=O)N[C@H](c2nnc3ccccn23)C(C)C)cc1. The van der Waals surface area contributed by atoms with Crippen LogP contribution < -0.4 is 4.72 Å². The minimum absolute atomic E-state index is 0.0119. The maximum atomic E-state index is 12.7. The third-order valence-corrected chi connectivity index (χ3v) is 5.36. The van der Waals surface area contributed by atoms with Crippen LogP contribution in [0.15, 0.2) is 53.6 Å². The summed E-state index contributed by atoms with van der Waals surface area (Å²) in [6, 6.07) is 11.9. The van der Waals surface area contributed by atoms with Gasteiger partial charge in [0.25, 0.3) is 0 Å². The molecule has 2 heterocycles. The van der Waals surface area contributed by atoms with Crippen LogP contribution in [0.3, 0.4) is 0 Å². The standard InChI is InChI=1S/C17H20N4O2S/c1-12(2)16(17-19-18-15-6-4-5-11-21(15)17)20-24(22,23)14-9-7-13(3)8-10-14/h4-12,16,20H,1-3H3/t16-/m0/s1. The van der Waals surface area contributed by atoms with Crippen LogP contribution in [0, 0.1) is 12.8 Å². The van der Waals surface area contributed by atoms with Crippen LogP contribution in [0.1, 0.15) is 31.3 Å². The number of pyridine rings is 1. The van der Waals surface area contributed by atoms with Crippen LogP contribution in [-0.4, -0.2) is 23.0 Å². The van der Waals surface area contributed by atoms with Crippen LogP contribution in [-0.2, 0) is 10.0 Å². The third-order valence-electron chi connectivity index (χ3n) is 3.90. The molecular weight excluding hydrogens is 324 g/mol. The number of rotatable bonds is 5. The lowest BCUT2D eigenvalue weighted by atomic mass is 10.1. The second kappa shape index (κ2) is 6.33. The second-order valence-electron chi connectivity index (χ2n) is 6.14. The third kappa shape index (κ3) is 3.18. The van der Waals surface area contributed by atoms with Crippen LogP contribution in [0.25, 0.3) is 5.65 Å². The van der Waals surface area contributed by atoms with Gasteiger partial charge < -0.3 is 0 Å². The summed E-state index contributed by atoms with van der Waals surface area (Å²) in [7, 11) is -3.65. The highest BCUT2D eigenvalue weighted by atomic mass is 32.2. The zero-order valence-electron chi connectivity index (χ0n) is 13.8. The summed E-state index contributed by atoms with van der Waals surface area (Å²) < 4.78 is 30.0. The summed E-state index contributed by atoms with van der Waals surface area (Å²) in [4.78, 5) is 0.243. The number of nitrogens with one attached hydrogen (secondary N) is 1. The normalized spacial score (nSPS) is 13.5. The van der Waals surface area contributed by atoms with E-state index in [1.54, 1.807) is 24.3 Å². The van der Waals surface area contributed by atoms with Crippen LogP contribution in [0.4, 0.5) is 0 Å². The van der Waals surface area contributed by atoms with E-state index in [-0.39, 0.29) is 10.8 Å². The van der Waals surface area contributed by atoms with E-state index in [4.69, 9.17) is 0 Å². The monoisotopic (exact) mass is 344 g/mol. The molecule has 0 saturated carbocycles. The molecule has 24 heavy (non-hydrogen) atoms. The second-order valence-corrected chi connectivity index (χ2v) is 7.86. The summed E-state index contributed by atoms with van der Waals surface area (Å²) in [5, 5.41) is 8.31. The highest BCUT2D eigenvalue weighted by molar-refractivity contribution is 7.89. The molecule has 0 radical (unpaired) electrons. The Labute approximate surface area is 141 Å². The number of aryl methyl sites for hydroxylation is 1. The Morgan fingerprint density at radius 1 is 1.04 bits per heavy atom. The molecule has 0 aliphatic carbocycles. The van der Waals surface area contributed by atoms with Gasteiger partial charge in [-0.1, -0.05) is 37.6 Å². The van der Waals surface area contributed by atoms with Gasteiger partial charge in [0.2, 0.25) is 10.0 Å². The molecule has 6 nitrogen and oxygen atoms in total. The largest absolute Gasteiger partial charge is 0.285 e. The van der Waals surface area contributed by atoms with E-state index < -0.39 is 16.1 Å². The van der Waals surface area contributed by atoms with Gasteiger partial charge in [-0.25, -0.2) is 13.1 Å². The van der Waals surface area contributed by atoms with Gasteiger partial charge >= 0.3 is 0 Å². The quantitative estimate of drug-likeness (QED) is 0.772. The van der Waals surface area contributed by atoms with Gasteiger partial charge in [0.15, 0.2) is 11.5 Å². The maximum absolute atomic E-state index is 12.7. The fraction of sp³-hybridized carbons (Fsp3) is 0.294. The van der Waals surface area contributed by atoms with Crippen molar-refractivity contribution in [1.82, 2.24) is 19.3 Å². The van der Waals surface area contributed by atoms with Gasteiger partial charge in [0.1, 0.15) is 0 Å². The maximum Gasteiger partial charge on any atom is 0.241 e.